The smallest absolute Gasteiger partial charge is 0.120 e. The molecule has 16 heavy (non-hydrogen) atoms. The Labute approximate surface area is 97.8 Å². The quantitative estimate of drug-likeness (QED) is 0.847. The average molecular weight is 219 g/mol. The third-order valence-corrected chi connectivity index (χ3v) is 3.39. The number of rotatable bonds is 3. The molecule has 1 aromatic rings. The van der Waals surface area contributed by atoms with Crippen molar-refractivity contribution in [3.63, 3.8) is 0 Å². The summed E-state index contributed by atoms with van der Waals surface area (Å²) in [6.45, 7) is 4.23. The van der Waals surface area contributed by atoms with E-state index in [4.69, 9.17) is 10.5 Å². The normalized spacial score (nSPS) is 21.3. The van der Waals surface area contributed by atoms with E-state index in [1.165, 1.54) is 17.5 Å². The van der Waals surface area contributed by atoms with Crippen LogP contribution in [0.15, 0.2) is 18.2 Å². The second kappa shape index (κ2) is 4.88. The molecule has 0 aromatic heterocycles. The Balaban J connectivity index is 2.20. The van der Waals surface area contributed by atoms with Gasteiger partial charge >= 0.3 is 0 Å². The zero-order chi connectivity index (χ0) is 11.5. The summed E-state index contributed by atoms with van der Waals surface area (Å²) in [4.78, 5) is 0. The van der Waals surface area contributed by atoms with Crippen LogP contribution in [0.5, 0.6) is 5.75 Å². The number of fused-ring (bicyclic) bond motifs is 1. The van der Waals surface area contributed by atoms with Crippen LogP contribution in [0.3, 0.4) is 0 Å². The fourth-order valence-corrected chi connectivity index (χ4v) is 2.20. The van der Waals surface area contributed by atoms with Gasteiger partial charge in [0.1, 0.15) is 5.75 Å². The maximum absolute atomic E-state index is 6.12. The number of ether oxygens (including phenoxy) is 1. The standard InChI is InChI=1S/C14H21NO/c1-3-10(2)16-12-8-7-11-5-4-6-14(15)13(11)9-12/h7-10,14H,3-6,15H2,1-2H3/t10?,14-/m1/s1. The van der Waals surface area contributed by atoms with Crippen LogP contribution in [-0.2, 0) is 6.42 Å². The fourth-order valence-electron chi connectivity index (χ4n) is 2.20. The van der Waals surface area contributed by atoms with Gasteiger partial charge in [-0.1, -0.05) is 13.0 Å². The van der Waals surface area contributed by atoms with Gasteiger partial charge in [0.15, 0.2) is 0 Å². The second-order valence-electron chi connectivity index (χ2n) is 4.70. The van der Waals surface area contributed by atoms with Gasteiger partial charge < -0.3 is 10.5 Å². The van der Waals surface area contributed by atoms with Gasteiger partial charge in [0.2, 0.25) is 0 Å². The van der Waals surface area contributed by atoms with Crippen LogP contribution in [0.1, 0.15) is 50.3 Å². The van der Waals surface area contributed by atoms with Gasteiger partial charge in [0, 0.05) is 6.04 Å². The summed E-state index contributed by atoms with van der Waals surface area (Å²) in [5.41, 5.74) is 8.81. The molecule has 0 bridgehead atoms. The number of hydrogen-bond acceptors (Lipinski definition) is 2. The molecular weight excluding hydrogens is 198 g/mol. The van der Waals surface area contributed by atoms with Crippen LogP contribution in [0.4, 0.5) is 0 Å². The van der Waals surface area contributed by atoms with Crippen molar-refractivity contribution in [3.8, 4) is 5.75 Å². The molecule has 0 amide bonds. The van der Waals surface area contributed by atoms with E-state index in [0.717, 1.165) is 25.0 Å². The molecule has 1 aliphatic carbocycles. The van der Waals surface area contributed by atoms with Crippen molar-refractivity contribution in [2.75, 3.05) is 0 Å². The molecule has 0 heterocycles. The first kappa shape index (κ1) is 11.5. The lowest BCUT2D eigenvalue weighted by atomic mass is 9.88. The molecule has 88 valence electrons. The van der Waals surface area contributed by atoms with Gasteiger partial charge in [-0.25, -0.2) is 0 Å². The summed E-state index contributed by atoms with van der Waals surface area (Å²) in [6, 6.07) is 6.57. The molecule has 0 saturated heterocycles. The first-order chi connectivity index (χ1) is 7.70. The maximum Gasteiger partial charge on any atom is 0.120 e. The summed E-state index contributed by atoms with van der Waals surface area (Å²) in [6.07, 6.45) is 4.77. The van der Waals surface area contributed by atoms with Crippen molar-refractivity contribution in [3.05, 3.63) is 29.3 Å². The summed E-state index contributed by atoms with van der Waals surface area (Å²) >= 11 is 0. The van der Waals surface area contributed by atoms with E-state index in [1.54, 1.807) is 0 Å². The van der Waals surface area contributed by atoms with Gasteiger partial charge in [0.25, 0.3) is 0 Å². The van der Waals surface area contributed by atoms with Crippen LogP contribution in [0, 0.1) is 0 Å². The molecule has 1 aromatic carbocycles. The number of nitrogens with two attached hydrogens (primary N) is 1. The van der Waals surface area contributed by atoms with Crippen LogP contribution in [0.2, 0.25) is 0 Å². The Morgan fingerprint density at radius 3 is 3.06 bits per heavy atom. The Morgan fingerprint density at radius 1 is 1.50 bits per heavy atom. The lowest BCUT2D eigenvalue weighted by Crippen LogP contribution is -2.18. The highest BCUT2D eigenvalue weighted by molar-refractivity contribution is 5.39. The molecule has 2 rings (SSSR count). The fraction of sp³-hybridized carbons (Fsp3) is 0.571. The molecule has 0 radical (unpaired) electrons. The van der Waals surface area contributed by atoms with Crippen molar-refractivity contribution >= 4 is 0 Å². The minimum absolute atomic E-state index is 0.198. The molecule has 0 spiro atoms. The lowest BCUT2D eigenvalue weighted by Gasteiger charge is -2.23. The van der Waals surface area contributed by atoms with E-state index in [9.17, 15) is 0 Å². The Kier molecular flexibility index (Phi) is 3.49. The number of aryl methyl sites for hydroxylation is 1. The van der Waals surface area contributed by atoms with E-state index in [2.05, 4.69) is 32.0 Å². The SMILES string of the molecule is CCC(C)Oc1ccc2c(c1)[C@H](N)CCC2. The molecular formula is C14H21NO. The van der Waals surface area contributed by atoms with Crippen molar-refractivity contribution in [1.29, 1.82) is 0 Å². The largest absolute Gasteiger partial charge is 0.491 e. The summed E-state index contributed by atoms with van der Waals surface area (Å²) in [5, 5.41) is 0. The number of hydrogen-bond donors (Lipinski definition) is 1. The Morgan fingerprint density at radius 2 is 2.31 bits per heavy atom. The molecule has 2 atom stereocenters. The predicted octanol–water partition coefficient (Wildman–Crippen LogP) is 3.20. The van der Waals surface area contributed by atoms with Crippen molar-refractivity contribution in [2.45, 2.75) is 51.7 Å². The molecule has 1 aliphatic rings. The molecule has 2 heteroatoms. The third-order valence-electron chi connectivity index (χ3n) is 3.39. The van der Waals surface area contributed by atoms with Gasteiger partial charge in [0.05, 0.1) is 6.10 Å². The summed E-state index contributed by atoms with van der Waals surface area (Å²) in [7, 11) is 0. The van der Waals surface area contributed by atoms with Gasteiger partial charge in [-0.15, -0.1) is 0 Å². The zero-order valence-corrected chi connectivity index (χ0v) is 10.2. The van der Waals surface area contributed by atoms with Crippen molar-refractivity contribution < 1.29 is 4.74 Å². The van der Waals surface area contributed by atoms with Gasteiger partial charge in [-0.3, -0.25) is 0 Å². The van der Waals surface area contributed by atoms with Crippen molar-refractivity contribution in [2.24, 2.45) is 5.73 Å². The maximum atomic E-state index is 6.12. The summed E-state index contributed by atoms with van der Waals surface area (Å²) in [5.74, 6) is 0.963. The van der Waals surface area contributed by atoms with E-state index < -0.39 is 0 Å². The molecule has 0 aliphatic heterocycles. The van der Waals surface area contributed by atoms with E-state index in [1.807, 2.05) is 0 Å². The van der Waals surface area contributed by atoms with Gasteiger partial charge in [-0.05, 0) is 55.9 Å². The first-order valence-corrected chi connectivity index (χ1v) is 6.25. The highest BCUT2D eigenvalue weighted by atomic mass is 16.5. The lowest BCUT2D eigenvalue weighted by molar-refractivity contribution is 0.217. The van der Waals surface area contributed by atoms with Crippen LogP contribution in [-0.4, -0.2) is 6.10 Å². The topological polar surface area (TPSA) is 35.2 Å². The van der Waals surface area contributed by atoms with Crippen LogP contribution < -0.4 is 10.5 Å². The molecule has 0 saturated carbocycles. The summed E-state index contributed by atoms with van der Waals surface area (Å²) < 4.78 is 5.82. The second-order valence-corrected chi connectivity index (χ2v) is 4.70. The monoisotopic (exact) mass is 219 g/mol. The highest BCUT2D eigenvalue weighted by Gasteiger charge is 2.17. The first-order valence-electron chi connectivity index (χ1n) is 6.25. The van der Waals surface area contributed by atoms with E-state index in [-0.39, 0.29) is 12.1 Å². The predicted molar refractivity (Wildman–Crippen MR) is 66.7 cm³/mol. The van der Waals surface area contributed by atoms with Gasteiger partial charge in [-0.2, -0.15) is 0 Å². The van der Waals surface area contributed by atoms with E-state index >= 15 is 0 Å². The average Bonchev–Trinajstić information content (AvgIpc) is 2.30. The molecule has 2 N–H and O–H groups in total. The van der Waals surface area contributed by atoms with Crippen LogP contribution >= 0.6 is 0 Å². The minimum atomic E-state index is 0.198. The minimum Gasteiger partial charge on any atom is -0.491 e. The zero-order valence-electron chi connectivity index (χ0n) is 10.2. The molecule has 0 fully saturated rings. The van der Waals surface area contributed by atoms with E-state index in [0.29, 0.717) is 0 Å². The molecule has 1 unspecified atom stereocenters. The van der Waals surface area contributed by atoms with Crippen LogP contribution in [0.25, 0.3) is 0 Å². The molecule has 2 nitrogen and oxygen atoms in total. The Hall–Kier alpha value is -1.02. The number of benzene rings is 1. The Bertz CT molecular complexity index is 362. The third kappa shape index (κ3) is 2.38. The van der Waals surface area contributed by atoms with Crippen molar-refractivity contribution in [1.82, 2.24) is 0 Å². The highest BCUT2D eigenvalue weighted by Crippen LogP contribution is 2.31.